The van der Waals surface area contributed by atoms with Crippen LogP contribution >= 0.6 is 0 Å². The van der Waals surface area contributed by atoms with E-state index < -0.39 is 0 Å². The summed E-state index contributed by atoms with van der Waals surface area (Å²) in [6.07, 6.45) is 1.85. The van der Waals surface area contributed by atoms with Gasteiger partial charge in [-0.15, -0.1) is 0 Å². The minimum Gasteiger partial charge on any atom is -0.457 e. The molecule has 2 N–H and O–H groups in total. The lowest BCUT2D eigenvalue weighted by atomic mass is 10.2. The molecule has 0 aliphatic heterocycles. The summed E-state index contributed by atoms with van der Waals surface area (Å²) in [5.41, 5.74) is 0.740. The first-order valence-corrected chi connectivity index (χ1v) is 7.61. The number of carbonyl (C=O) groups is 1. The molecule has 2 rings (SSSR count). The summed E-state index contributed by atoms with van der Waals surface area (Å²) < 4.78 is 5.71. The largest absolute Gasteiger partial charge is 0.457 e. The van der Waals surface area contributed by atoms with E-state index in [0.29, 0.717) is 0 Å². The van der Waals surface area contributed by atoms with Crippen LogP contribution in [0.15, 0.2) is 54.6 Å². The number of hydrogen-bond donors (Lipinski definition) is 2. The number of nitrogens with one attached hydrogen (secondary N) is 2. The number of ether oxygens (including phenoxy) is 1. The minimum absolute atomic E-state index is 0.176. The summed E-state index contributed by atoms with van der Waals surface area (Å²) in [6, 6.07) is 16.9. The topological polar surface area (TPSA) is 50.4 Å². The SMILES string of the molecule is CCC(CC)NC(=O)Nc1ccc(Oc2ccccc2)cc1. The third kappa shape index (κ3) is 4.81. The van der Waals surface area contributed by atoms with Gasteiger partial charge in [0.15, 0.2) is 0 Å². The fourth-order valence-electron chi connectivity index (χ4n) is 2.08. The molecule has 0 heterocycles. The normalized spacial score (nSPS) is 10.3. The fraction of sp³-hybridized carbons (Fsp3) is 0.278. The van der Waals surface area contributed by atoms with Gasteiger partial charge >= 0.3 is 6.03 Å². The molecule has 0 radical (unpaired) electrons. The Kier molecular flexibility index (Phi) is 5.83. The van der Waals surface area contributed by atoms with Crippen LogP contribution in [0.1, 0.15) is 26.7 Å². The maximum absolute atomic E-state index is 11.9. The molecule has 2 aromatic carbocycles. The van der Waals surface area contributed by atoms with Gasteiger partial charge in [-0.25, -0.2) is 4.79 Å². The number of amides is 2. The summed E-state index contributed by atoms with van der Waals surface area (Å²) >= 11 is 0. The van der Waals surface area contributed by atoms with Crippen molar-refractivity contribution in [3.8, 4) is 11.5 Å². The Morgan fingerprint density at radius 2 is 1.55 bits per heavy atom. The van der Waals surface area contributed by atoms with Crippen molar-refractivity contribution >= 4 is 11.7 Å². The zero-order chi connectivity index (χ0) is 15.8. The third-order valence-corrected chi connectivity index (χ3v) is 3.41. The first-order valence-electron chi connectivity index (χ1n) is 7.61. The second-order valence-corrected chi connectivity index (χ2v) is 5.05. The number of anilines is 1. The van der Waals surface area contributed by atoms with Gasteiger partial charge in [0.1, 0.15) is 11.5 Å². The van der Waals surface area contributed by atoms with E-state index in [-0.39, 0.29) is 12.1 Å². The van der Waals surface area contributed by atoms with Gasteiger partial charge in [0.2, 0.25) is 0 Å². The molecule has 0 fully saturated rings. The molecule has 2 amide bonds. The Morgan fingerprint density at radius 3 is 2.14 bits per heavy atom. The predicted molar refractivity (Wildman–Crippen MR) is 89.5 cm³/mol. The predicted octanol–water partition coefficient (Wildman–Crippen LogP) is 4.79. The van der Waals surface area contributed by atoms with Gasteiger partial charge in [-0.3, -0.25) is 0 Å². The van der Waals surface area contributed by atoms with E-state index in [1.54, 1.807) is 0 Å². The first-order chi connectivity index (χ1) is 10.7. The molecule has 0 bridgehead atoms. The first kappa shape index (κ1) is 15.9. The molecule has 0 aromatic heterocycles. The maximum atomic E-state index is 11.9. The minimum atomic E-state index is -0.176. The summed E-state index contributed by atoms with van der Waals surface area (Å²) in [4.78, 5) is 11.9. The average molecular weight is 298 g/mol. The summed E-state index contributed by atoms with van der Waals surface area (Å²) in [7, 11) is 0. The van der Waals surface area contributed by atoms with Crippen LogP contribution in [0.2, 0.25) is 0 Å². The molecular formula is C18H22N2O2. The van der Waals surface area contributed by atoms with Crippen LogP contribution < -0.4 is 15.4 Å². The second-order valence-electron chi connectivity index (χ2n) is 5.05. The van der Waals surface area contributed by atoms with Gasteiger partial charge in [-0.05, 0) is 49.2 Å². The highest BCUT2D eigenvalue weighted by Gasteiger charge is 2.08. The van der Waals surface area contributed by atoms with E-state index in [0.717, 1.165) is 30.0 Å². The smallest absolute Gasteiger partial charge is 0.319 e. The number of hydrogen-bond acceptors (Lipinski definition) is 2. The van der Waals surface area contributed by atoms with Crippen LogP contribution in [0.3, 0.4) is 0 Å². The Bertz CT molecular complexity index is 578. The summed E-state index contributed by atoms with van der Waals surface area (Å²) in [6.45, 7) is 4.12. The van der Waals surface area contributed by atoms with Gasteiger partial charge in [-0.1, -0.05) is 32.0 Å². The van der Waals surface area contributed by atoms with Crippen molar-refractivity contribution in [2.24, 2.45) is 0 Å². The second kappa shape index (κ2) is 8.08. The van der Waals surface area contributed by atoms with Crippen molar-refractivity contribution < 1.29 is 9.53 Å². The van der Waals surface area contributed by atoms with Gasteiger partial charge in [0, 0.05) is 11.7 Å². The third-order valence-electron chi connectivity index (χ3n) is 3.41. The number of benzene rings is 2. The van der Waals surface area contributed by atoms with Crippen LogP contribution in [0, 0.1) is 0 Å². The highest BCUT2D eigenvalue weighted by Crippen LogP contribution is 2.22. The Hall–Kier alpha value is -2.49. The van der Waals surface area contributed by atoms with E-state index in [1.165, 1.54) is 0 Å². The van der Waals surface area contributed by atoms with Gasteiger partial charge in [0.05, 0.1) is 0 Å². The van der Waals surface area contributed by atoms with Crippen molar-refractivity contribution in [2.45, 2.75) is 32.7 Å². The molecule has 0 spiro atoms. The van der Waals surface area contributed by atoms with Crippen molar-refractivity contribution in [1.29, 1.82) is 0 Å². The molecule has 0 atom stereocenters. The lowest BCUT2D eigenvalue weighted by molar-refractivity contribution is 0.247. The van der Waals surface area contributed by atoms with E-state index >= 15 is 0 Å². The van der Waals surface area contributed by atoms with E-state index in [9.17, 15) is 4.79 Å². The number of rotatable bonds is 6. The molecule has 0 aliphatic carbocycles. The van der Waals surface area contributed by atoms with Crippen molar-refractivity contribution in [1.82, 2.24) is 5.32 Å². The lowest BCUT2D eigenvalue weighted by Gasteiger charge is -2.15. The molecule has 0 saturated heterocycles. The molecular weight excluding hydrogens is 276 g/mol. The van der Waals surface area contributed by atoms with Crippen LogP contribution in [-0.2, 0) is 0 Å². The monoisotopic (exact) mass is 298 g/mol. The molecule has 116 valence electrons. The molecule has 2 aromatic rings. The number of urea groups is 1. The molecule has 0 unspecified atom stereocenters. The molecule has 0 saturated carbocycles. The van der Waals surface area contributed by atoms with Crippen LogP contribution in [-0.4, -0.2) is 12.1 Å². The maximum Gasteiger partial charge on any atom is 0.319 e. The molecule has 4 nitrogen and oxygen atoms in total. The van der Waals surface area contributed by atoms with E-state index in [4.69, 9.17) is 4.74 Å². The number of carbonyl (C=O) groups excluding carboxylic acids is 1. The zero-order valence-electron chi connectivity index (χ0n) is 13.0. The van der Waals surface area contributed by atoms with E-state index in [2.05, 4.69) is 24.5 Å². The van der Waals surface area contributed by atoms with Crippen LogP contribution in [0.25, 0.3) is 0 Å². The average Bonchev–Trinajstić information content (AvgIpc) is 2.55. The lowest BCUT2D eigenvalue weighted by Crippen LogP contribution is -2.37. The molecule has 22 heavy (non-hydrogen) atoms. The van der Waals surface area contributed by atoms with Gasteiger partial charge in [-0.2, -0.15) is 0 Å². The Morgan fingerprint density at radius 1 is 0.955 bits per heavy atom. The highest BCUT2D eigenvalue weighted by atomic mass is 16.5. The van der Waals surface area contributed by atoms with Crippen molar-refractivity contribution in [3.63, 3.8) is 0 Å². The van der Waals surface area contributed by atoms with Gasteiger partial charge in [0.25, 0.3) is 0 Å². The standard InChI is InChI=1S/C18H22N2O2/c1-3-14(4-2)19-18(21)20-15-10-12-17(13-11-15)22-16-8-6-5-7-9-16/h5-14H,3-4H2,1-2H3,(H2,19,20,21). The summed E-state index contributed by atoms with van der Waals surface area (Å²) in [5, 5.41) is 5.76. The zero-order valence-corrected chi connectivity index (χ0v) is 13.0. The highest BCUT2D eigenvalue weighted by molar-refractivity contribution is 5.89. The fourth-order valence-corrected chi connectivity index (χ4v) is 2.08. The van der Waals surface area contributed by atoms with Crippen LogP contribution in [0.4, 0.5) is 10.5 Å². The molecule has 0 aliphatic rings. The quantitative estimate of drug-likeness (QED) is 0.805. The van der Waals surface area contributed by atoms with Crippen molar-refractivity contribution in [2.75, 3.05) is 5.32 Å². The Balaban J connectivity index is 1.90. The molecule has 4 heteroatoms. The Labute approximate surface area is 131 Å². The van der Waals surface area contributed by atoms with Crippen molar-refractivity contribution in [3.05, 3.63) is 54.6 Å². The van der Waals surface area contributed by atoms with Gasteiger partial charge < -0.3 is 15.4 Å². The van der Waals surface area contributed by atoms with E-state index in [1.807, 2.05) is 54.6 Å². The summed E-state index contributed by atoms with van der Waals surface area (Å²) in [5.74, 6) is 1.52. The number of para-hydroxylation sites is 1. The van der Waals surface area contributed by atoms with Crippen LogP contribution in [0.5, 0.6) is 11.5 Å².